The molecule has 0 bridgehead atoms. The Morgan fingerprint density at radius 3 is 2.62 bits per heavy atom. The molecule has 26 heavy (non-hydrogen) atoms. The van der Waals surface area contributed by atoms with E-state index in [0.717, 1.165) is 16.7 Å². The summed E-state index contributed by atoms with van der Waals surface area (Å²) in [6.45, 7) is 7.96. The summed E-state index contributed by atoms with van der Waals surface area (Å²) in [4.78, 5) is 30.5. The van der Waals surface area contributed by atoms with E-state index < -0.39 is 0 Å². The number of hydrogen-bond acceptors (Lipinski definition) is 5. The molecule has 2 unspecified atom stereocenters. The van der Waals surface area contributed by atoms with Crippen molar-refractivity contribution >= 4 is 11.8 Å². The zero-order valence-corrected chi connectivity index (χ0v) is 15.9. The average Bonchev–Trinajstić information content (AvgIpc) is 2.99. The van der Waals surface area contributed by atoms with E-state index in [-0.39, 0.29) is 30.2 Å². The summed E-state index contributed by atoms with van der Waals surface area (Å²) in [5, 5.41) is 6.81. The molecule has 140 valence electrons. The van der Waals surface area contributed by atoms with Crippen LogP contribution in [0.1, 0.15) is 42.1 Å². The molecule has 0 aliphatic carbocycles. The number of amides is 2. The van der Waals surface area contributed by atoms with Crippen molar-refractivity contribution in [2.45, 2.75) is 46.1 Å². The van der Waals surface area contributed by atoms with E-state index in [0.29, 0.717) is 12.2 Å². The monoisotopic (exact) mass is 358 g/mol. The molecule has 0 spiro atoms. The van der Waals surface area contributed by atoms with E-state index in [2.05, 4.69) is 15.5 Å². The van der Waals surface area contributed by atoms with E-state index in [1.54, 1.807) is 24.3 Å². The number of aryl methyl sites for hydroxylation is 2. The first kappa shape index (κ1) is 19.6. The topological polar surface area (TPSA) is 88.3 Å². The van der Waals surface area contributed by atoms with Gasteiger partial charge in [0.25, 0.3) is 0 Å². The number of rotatable bonds is 7. The SMILES string of the molecule is Cc1cnccc1C(C)C(=O)NC(C)CN(C)C(=O)Cc1nocc1C. The van der Waals surface area contributed by atoms with Gasteiger partial charge in [-0.05, 0) is 44.9 Å². The molecular weight excluding hydrogens is 332 g/mol. The van der Waals surface area contributed by atoms with Gasteiger partial charge in [0, 0.05) is 37.6 Å². The molecule has 0 aromatic carbocycles. The van der Waals surface area contributed by atoms with Crippen molar-refractivity contribution in [1.29, 1.82) is 0 Å². The molecule has 7 heteroatoms. The van der Waals surface area contributed by atoms with Crippen LogP contribution >= 0.6 is 0 Å². The number of hydrogen-bond donors (Lipinski definition) is 1. The average molecular weight is 358 g/mol. The molecule has 2 rings (SSSR count). The van der Waals surface area contributed by atoms with Crippen LogP contribution in [-0.2, 0) is 16.0 Å². The predicted octanol–water partition coefficient (Wildman–Crippen LogP) is 2.00. The number of nitrogens with one attached hydrogen (secondary N) is 1. The van der Waals surface area contributed by atoms with Crippen molar-refractivity contribution in [3.8, 4) is 0 Å². The maximum atomic E-state index is 12.5. The van der Waals surface area contributed by atoms with E-state index in [4.69, 9.17) is 4.52 Å². The Labute approximate surface area is 153 Å². The van der Waals surface area contributed by atoms with Gasteiger partial charge in [-0.25, -0.2) is 0 Å². The van der Waals surface area contributed by atoms with Gasteiger partial charge in [0.2, 0.25) is 11.8 Å². The summed E-state index contributed by atoms with van der Waals surface area (Å²) in [6, 6.07) is 1.69. The first-order chi connectivity index (χ1) is 12.3. The first-order valence-electron chi connectivity index (χ1n) is 8.64. The zero-order chi connectivity index (χ0) is 19.3. The van der Waals surface area contributed by atoms with Crippen molar-refractivity contribution in [3.05, 3.63) is 47.1 Å². The Morgan fingerprint density at radius 2 is 2.00 bits per heavy atom. The summed E-state index contributed by atoms with van der Waals surface area (Å²) in [7, 11) is 1.72. The summed E-state index contributed by atoms with van der Waals surface area (Å²) in [5.41, 5.74) is 3.43. The third-order valence-electron chi connectivity index (χ3n) is 4.45. The smallest absolute Gasteiger partial charge is 0.228 e. The van der Waals surface area contributed by atoms with E-state index >= 15 is 0 Å². The second-order valence-corrected chi connectivity index (χ2v) is 6.76. The highest BCUT2D eigenvalue weighted by atomic mass is 16.5. The standard InChI is InChI=1S/C19H26N4O3/c1-12-9-20-7-6-16(12)15(4)19(25)21-14(3)10-23(5)18(24)8-17-13(2)11-26-22-17/h6-7,9,11,14-15H,8,10H2,1-5H3,(H,21,25). The Balaban J connectivity index is 1.88. The molecule has 0 aliphatic rings. The lowest BCUT2D eigenvalue weighted by molar-refractivity contribution is -0.130. The number of likely N-dealkylation sites (N-methyl/N-ethyl adjacent to an activating group) is 1. The summed E-state index contributed by atoms with van der Waals surface area (Å²) in [5.74, 6) is -0.416. The Hall–Kier alpha value is -2.70. The molecule has 2 amide bonds. The largest absolute Gasteiger partial charge is 0.364 e. The lowest BCUT2D eigenvalue weighted by Crippen LogP contribution is -2.44. The molecule has 2 aromatic rings. The van der Waals surface area contributed by atoms with Crippen LogP contribution in [0.5, 0.6) is 0 Å². The molecule has 0 radical (unpaired) electrons. The molecule has 2 heterocycles. The molecule has 0 saturated carbocycles. The minimum atomic E-state index is -0.278. The van der Waals surface area contributed by atoms with Gasteiger partial charge >= 0.3 is 0 Å². The quantitative estimate of drug-likeness (QED) is 0.818. The van der Waals surface area contributed by atoms with E-state index in [1.807, 2.05) is 33.8 Å². The lowest BCUT2D eigenvalue weighted by atomic mass is 9.97. The van der Waals surface area contributed by atoms with Crippen LogP contribution in [0.2, 0.25) is 0 Å². The Kier molecular flexibility index (Phi) is 6.49. The summed E-state index contributed by atoms with van der Waals surface area (Å²) < 4.78 is 4.86. The summed E-state index contributed by atoms with van der Waals surface area (Å²) in [6.07, 6.45) is 5.15. The number of carbonyl (C=O) groups is 2. The van der Waals surface area contributed by atoms with Gasteiger partial charge in [0.05, 0.1) is 18.0 Å². The minimum absolute atomic E-state index is 0.0684. The fourth-order valence-corrected chi connectivity index (χ4v) is 2.80. The van der Waals surface area contributed by atoms with Gasteiger partial charge in [0.15, 0.2) is 0 Å². The maximum Gasteiger partial charge on any atom is 0.228 e. The molecular formula is C19H26N4O3. The van der Waals surface area contributed by atoms with E-state index in [9.17, 15) is 9.59 Å². The van der Waals surface area contributed by atoms with Gasteiger partial charge in [-0.2, -0.15) is 0 Å². The predicted molar refractivity (Wildman–Crippen MR) is 97.6 cm³/mol. The lowest BCUT2D eigenvalue weighted by Gasteiger charge is -2.24. The number of pyridine rings is 1. The van der Waals surface area contributed by atoms with Crippen molar-refractivity contribution in [1.82, 2.24) is 20.4 Å². The molecule has 2 atom stereocenters. The second kappa shape index (κ2) is 8.60. The normalized spacial score (nSPS) is 13.1. The van der Waals surface area contributed by atoms with Crippen molar-refractivity contribution in [2.24, 2.45) is 0 Å². The fraction of sp³-hybridized carbons (Fsp3) is 0.474. The van der Waals surface area contributed by atoms with Crippen LogP contribution in [0.25, 0.3) is 0 Å². The summed E-state index contributed by atoms with van der Waals surface area (Å²) >= 11 is 0. The second-order valence-electron chi connectivity index (χ2n) is 6.76. The van der Waals surface area contributed by atoms with Gasteiger partial charge in [0.1, 0.15) is 6.26 Å². The van der Waals surface area contributed by atoms with Crippen LogP contribution in [0.3, 0.4) is 0 Å². The third-order valence-corrected chi connectivity index (χ3v) is 4.45. The highest BCUT2D eigenvalue weighted by Crippen LogP contribution is 2.18. The molecule has 2 aromatic heterocycles. The maximum absolute atomic E-state index is 12.5. The fourth-order valence-electron chi connectivity index (χ4n) is 2.80. The van der Waals surface area contributed by atoms with Crippen molar-refractivity contribution in [2.75, 3.05) is 13.6 Å². The highest BCUT2D eigenvalue weighted by molar-refractivity contribution is 5.84. The zero-order valence-electron chi connectivity index (χ0n) is 15.9. The van der Waals surface area contributed by atoms with Gasteiger partial charge < -0.3 is 14.7 Å². The molecule has 0 aliphatic heterocycles. The Bertz CT molecular complexity index is 772. The highest BCUT2D eigenvalue weighted by Gasteiger charge is 2.21. The van der Waals surface area contributed by atoms with Gasteiger partial charge in [-0.15, -0.1) is 0 Å². The van der Waals surface area contributed by atoms with Gasteiger partial charge in [-0.3, -0.25) is 14.6 Å². The molecule has 0 saturated heterocycles. The van der Waals surface area contributed by atoms with Crippen molar-refractivity contribution < 1.29 is 14.1 Å². The Morgan fingerprint density at radius 1 is 1.27 bits per heavy atom. The number of carbonyl (C=O) groups excluding carboxylic acids is 2. The van der Waals surface area contributed by atoms with Crippen LogP contribution in [0.4, 0.5) is 0 Å². The molecule has 7 nitrogen and oxygen atoms in total. The minimum Gasteiger partial charge on any atom is -0.364 e. The van der Waals surface area contributed by atoms with Crippen LogP contribution in [-0.4, -0.2) is 46.5 Å². The molecule has 1 N–H and O–H groups in total. The van der Waals surface area contributed by atoms with Crippen molar-refractivity contribution in [3.63, 3.8) is 0 Å². The number of nitrogens with zero attached hydrogens (tertiary/aromatic N) is 3. The van der Waals surface area contributed by atoms with Gasteiger partial charge in [-0.1, -0.05) is 5.16 Å². The van der Waals surface area contributed by atoms with Crippen LogP contribution in [0, 0.1) is 13.8 Å². The van der Waals surface area contributed by atoms with Crippen LogP contribution < -0.4 is 5.32 Å². The third kappa shape index (κ3) is 4.91. The van der Waals surface area contributed by atoms with E-state index in [1.165, 1.54) is 6.26 Å². The number of aromatic nitrogens is 2. The van der Waals surface area contributed by atoms with Crippen LogP contribution in [0.15, 0.2) is 29.2 Å². The first-order valence-corrected chi connectivity index (χ1v) is 8.64. The molecule has 0 fully saturated rings.